The van der Waals surface area contributed by atoms with Gasteiger partial charge in [-0.1, -0.05) is 23.8 Å². The lowest BCUT2D eigenvalue weighted by Gasteiger charge is -2.13. The first kappa shape index (κ1) is 18.1. The molecule has 0 unspecified atom stereocenters. The van der Waals surface area contributed by atoms with E-state index >= 15 is 0 Å². The Kier molecular flexibility index (Phi) is 4.10. The molecule has 3 aromatic heterocycles. The summed E-state index contributed by atoms with van der Waals surface area (Å²) < 4.78 is 3.30. The van der Waals surface area contributed by atoms with Crippen molar-refractivity contribution in [1.82, 2.24) is 14.1 Å². The first-order chi connectivity index (χ1) is 14.6. The molecule has 0 fully saturated rings. The number of rotatable bonds is 2. The summed E-state index contributed by atoms with van der Waals surface area (Å²) in [6, 6.07) is 17.0. The second-order valence-corrected chi connectivity index (χ2v) is 7.36. The van der Waals surface area contributed by atoms with Gasteiger partial charge in [-0.25, -0.2) is 0 Å². The van der Waals surface area contributed by atoms with Crippen molar-refractivity contribution in [2.75, 3.05) is 0 Å². The minimum atomic E-state index is -0.131. The number of hydrogen-bond donors (Lipinski definition) is 0. The summed E-state index contributed by atoms with van der Waals surface area (Å²) in [5, 5.41) is 2.74. The molecule has 30 heavy (non-hydrogen) atoms. The topological polar surface area (TPSA) is 56.9 Å². The quantitative estimate of drug-likeness (QED) is 0.313. The van der Waals surface area contributed by atoms with Crippen LogP contribution in [-0.4, -0.2) is 20.0 Å². The fraction of sp³-hybridized carbons (Fsp3) is 0.0800. The van der Waals surface area contributed by atoms with Gasteiger partial charge >= 0.3 is 0 Å². The smallest absolute Gasteiger partial charge is 0.255 e. The van der Waals surface area contributed by atoms with Crippen molar-refractivity contribution in [3.05, 3.63) is 95.1 Å². The first-order valence-corrected chi connectivity index (χ1v) is 9.76. The Labute approximate surface area is 172 Å². The molecule has 5 aromatic rings. The number of hydrogen-bond acceptors (Lipinski definition) is 3. The fourth-order valence-corrected chi connectivity index (χ4v) is 3.95. The van der Waals surface area contributed by atoms with E-state index in [9.17, 15) is 9.59 Å². The van der Waals surface area contributed by atoms with Gasteiger partial charge in [-0.3, -0.25) is 23.7 Å². The highest BCUT2D eigenvalue weighted by Crippen LogP contribution is 2.27. The molecule has 0 aliphatic carbocycles. The van der Waals surface area contributed by atoms with Crippen LogP contribution in [0.1, 0.15) is 17.3 Å². The summed E-state index contributed by atoms with van der Waals surface area (Å²) in [5.41, 5.74) is 4.08. The third-order valence-electron chi connectivity index (χ3n) is 5.35. The second-order valence-electron chi connectivity index (χ2n) is 7.36. The molecule has 0 radical (unpaired) electrons. The molecule has 3 heterocycles. The molecule has 2 aromatic carbocycles. The third-order valence-corrected chi connectivity index (χ3v) is 5.35. The third kappa shape index (κ3) is 2.75. The van der Waals surface area contributed by atoms with Crippen LogP contribution in [0.4, 0.5) is 0 Å². The zero-order valence-corrected chi connectivity index (χ0v) is 16.7. The lowest BCUT2D eigenvalue weighted by atomic mass is 10.1. The van der Waals surface area contributed by atoms with Crippen LogP contribution in [-0.2, 0) is 0 Å². The standard InChI is InChI=1S/C25H19N3O2/c1-3-4-23(29)27-12-11-17-6-8-19(14-22(17)27)28-24(30)10-7-18-15-26-21-9-5-16(2)13-20(21)25(18)28/h3-15H,1-2H3/b4-3+. The zero-order chi connectivity index (χ0) is 20.8. The van der Waals surface area contributed by atoms with E-state index in [1.807, 2.05) is 50.2 Å². The van der Waals surface area contributed by atoms with E-state index in [2.05, 4.69) is 11.1 Å². The van der Waals surface area contributed by atoms with Crippen LogP contribution in [0, 0.1) is 6.92 Å². The number of carbonyl (C=O) groups is 1. The average Bonchev–Trinajstić information content (AvgIpc) is 3.17. The Morgan fingerprint density at radius 2 is 1.83 bits per heavy atom. The molecule has 5 heteroatoms. The van der Waals surface area contributed by atoms with Crippen molar-refractivity contribution in [3.8, 4) is 5.69 Å². The average molecular weight is 393 g/mol. The van der Waals surface area contributed by atoms with E-state index in [0.717, 1.165) is 38.3 Å². The van der Waals surface area contributed by atoms with Crippen LogP contribution in [0.15, 0.2) is 83.9 Å². The molecule has 5 rings (SSSR count). The second kappa shape index (κ2) is 6.81. The molecule has 0 saturated carbocycles. The molecule has 0 atom stereocenters. The maximum Gasteiger partial charge on any atom is 0.255 e. The molecule has 0 N–H and O–H groups in total. The number of carbonyl (C=O) groups excluding carboxylic acids is 1. The van der Waals surface area contributed by atoms with Gasteiger partial charge in [-0.2, -0.15) is 0 Å². The molecule has 0 bridgehead atoms. The lowest BCUT2D eigenvalue weighted by Crippen LogP contribution is -2.18. The normalized spacial score (nSPS) is 11.8. The van der Waals surface area contributed by atoms with Gasteiger partial charge in [-0.15, -0.1) is 0 Å². The SMILES string of the molecule is C/C=C/C(=O)n1ccc2ccc(-n3c(=O)ccc4cnc5ccc(C)cc5c43)cc21. The number of allylic oxidation sites excluding steroid dienone is 2. The Bertz CT molecular complexity index is 1550. The molecule has 5 nitrogen and oxygen atoms in total. The predicted molar refractivity (Wildman–Crippen MR) is 121 cm³/mol. The van der Waals surface area contributed by atoms with E-state index in [4.69, 9.17) is 0 Å². The summed E-state index contributed by atoms with van der Waals surface area (Å²) in [5.74, 6) is -0.125. The highest BCUT2D eigenvalue weighted by Gasteiger charge is 2.13. The van der Waals surface area contributed by atoms with E-state index < -0.39 is 0 Å². The van der Waals surface area contributed by atoms with Gasteiger partial charge in [-0.05, 0) is 56.3 Å². The Morgan fingerprint density at radius 1 is 1.00 bits per heavy atom. The van der Waals surface area contributed by atoms with Crippen molar-refractivity contribution in [1.29, 1.82) is 0 Å². The molecule has 0 amide bonds. The van der Waals surface area contributed by atoms with Crippen LogP contribution in [0.2, 0.25) is 0 Å². The Morgan fingerprint density at radius 3 is 2.67 bits per heavy atom. The van der Waals surface area contributed by atoms with Gasteiger partial charge in [0.05, 0.1) is 22.2 Å². The zero-order valence-electron chi connectivity index (χ0n) is 16.7. The van der Waals surface area contributed by atoms with Gasteiger partial charge in [0.1, 0.15) is 0 Å². The summed E-state index contributed by atoms with van der Waals surface area (Å²) in [6.45, 7) is 3.83. The monoisotopic (exact) mass is 393 g/mol. The molecule has 0 aliphatic rings. The van der Waals surface area contributed by atoms with Gasteiger partial charge in [0.25, 0.3) is 11.5 Å². The maximum absolute atomic E-state index is 13.0. The molecule has 0 spiro atoms. The van der Waals surface area contributed by atoms with Crippen LogP contribution in [0.3, 0.4) is 0 Å². The van der Waals surface area contributed by atoms with Crippen LogP contribution < -0.4 is 5.56 Å². The molecule has 0 aliphatic heterocycles. The Hall–Kier alpha value is -3.99. The summed E-state index contributed by atoms with van der Waals surface area (Å²) in [6.07, 6.45) is 6.79. The highest BCUT2D eigenvalue weighted by molar-refractivity contribution is 6.04. The van der Waals surface area contributed by atoms with E-state index in [-0.39, 0.29) is 11.5 Å². The van der Waals surface area contributed by atoms with Crippen molar-refractivity contribution < 1.29 is 4.79 Å². The van der Waals surface area contributed by atoms with E-state index in [1.54, 1.807) is 39.7 Å². The van der Waals surface area contributed by atoms with Crippen molar-refractivity contribution in [2.24, 2.45) is 0 Å². The number of benzene rings is 2. The van der Waals surface area contributed by atoms with Crippen LogP contribution >= 0.6 is 0 Å². The minimum absolute atomic E-state index is 0.125. The van der Waals surface area contributed by atoms with E-state index in [1.165, 1.54) is 6.08 Å². The van der Waals surface area contributed by atoms with Crippen molar-refractivity contribution >= 4 is 38.6 Å². The Balaban J connectivity index is 1.87. The molecular weight excluding hydrogens is 374 g/mol. The highest BCUT2D eigenvalue weighted by atomic mass is 16.2. The predicted octanol–water partition coefficient (Wildman–Crippen LogP) is 5.02. The van der Waals surface area contributed by atoms with Gasteiger partial charge in [0, 0.05) is 34.6 Å². The van der Waals surface area contributed by atoms with Crippen molar-refractivity contribution in [2.45, 2.75) is 13.8 Å². The number of fused-ring (bicyclic) bond motifs is 4. The van der Waals surface area contributed by atoms with E-state index in [0.29, 0.717) is 5.69 Å². The summed E-state index contributed by atoms with van der Waals surface area (Å²) in [4.78, 5) is 30.0. The number of aromatic nitrogens is 3. The molecule has 146 valence electrons. The molecule has 0 saturated heterocycles. The van der Waals surface area contributed by atoms with Crippen LogP contribution in [0.25, 0.3) is 38.4 Å². The largest absolute Gasteiger partial charge is 0.284 e. The van der Waals surface area contributed by atoms with Gasteiger partial charge in [0.15, 0.2) is 0 Å². The lowest BCUT2D eigenvalue weighted by molar-refractivity contribution is 0.0974. The van der Waals surface area contributed by atoms with Crippen molar-refractivity contribution in [3.63, 3.8) is 0 Å². The molecular formula is C25H19N3O2. The number of pyridine rings is 2. The van der Waals surface area contributed by atoms with Crippen LogP contribution in [0.5, 0.6) is 0 Å². The number of aryl methyl sites for hydroxylation is 1. The fourth-order valence-electron chi connectivity index (χ4n) is 3.95. The summed E-state index contributed by atoms with van der Waals surface area (Å²) >= 11 is 0. The maximum atomic E-state index is 13.0. The summed E-state index contributed by atoms with van der Waals surface area (Å²) in [7, 11) is 0. The minimum Gasteiger partial charge on any atom is -0.284 e. The van der Waals surface area contributed by atoms with Gasteiger partial charge < -0.3 is 0 Å². The number of nitrogens with zero attached hydrogens (tertiary/aromatic N) is 3. The first-order valence-electron chi connectivity index (χ1n) is 9.76. The van der Waals surface area contributed by atoms with Gasteiger partial charge in [0.2, 0.25) is 0 Å².